The number of aliphatic carboxylic acids is 1. The Labute approximate surface area is 284 Å². The lowest BCUT2D eigenvalue weighted by Crippen LogP contribution is -2.27. The van der Waals surface area contributed by atoms with E-state index in [0.717, 1.165) is 68.9 Å². The first kappa shape index (κ1) is 44.2. The van der Waals surface area contributed by atoms with Crippen molar-refractivity contribution in [2.75, 3.05) is 33.8 Å². The topological polar surface area (TPSA) is 138 Å². The summed E-state index contributed by atoms with van der Waals surface area (Å²) in [6.07, 6.45) is 9.44. The van der Waals surface area contributed by atoms with Crippen molar-refractivity contribution in [3.63, 3.8) is 0 Å². The van der Waals surface area contributed by atoms with Gasteiger partial charge < -0.3 is 9.84 Å². The van der Waals surface area contributed by atoms with Crippen LogP contribution in [0.5, 0.6) is 0 Å². The molecule has 10 nitrogen and oxygen atoms in total. The number of hydrogen-bond acceptors (Lipinski definition) is 7. The van der Waals surface area contributed by atoms with Crippen molar-refractivity contribution < 1.29 is 36.3 Å². The van der Waals surface area contributed by atoms with E-state index in [2.05, 4.69) is 0 Å². The van der Waals surface area contributed by atoms with Gasteiger partial charge in [0.15, 0.2) is 0 Å². The number of benzene rings is 2. The summed E-state index contributed by atoms with van der Waals surface area (Å²) >= 11 is 0. The maximum atomic E-state index is 12.4. The van der Waals surface area contributed by atoms with Crippen LogP contribution in [-0.4, -0.2) is 76.3 Å². The first-order chi connectivity index (χ1) is 21.7. The largest absolute Gasteiger partial charge is 0.481 e. The Morgan fingerprint density at radius 1 is 0.617 bits per heavy atom. The molecular formula is C35H58N2O8S2. The van der Waals surface area contributed by atoms with Gasteiger partial charge in [0.2, 0.25) is 20.0 Å². The van der Waals surface area contributed by atoms with E-state index in [-0.39, 0.29) is 19.8 Å². The molecule has 2 aromatic carbocycles. The fraction of sp³-hybridized carbons (Fsp3) is 0.600. The molecule has 0 saturated carbocycles. The standard InChI is InChI=1S/C18H29NO4S.C16H25NO4S.CH4/c1-4-23-18(20)10-8-6-5-7-9-15-19(3)24(21,22)17-13-11-16(2)12-14-17;1-14-9-11-15(12-10-14)22(20,21)17(2)13-7-5-3-4-6-8-16(18)19;/h11-14H,4-10,15H2,1-3H3;9-12H,3-8,13H2,1-2H3,(H,18,19);1H4. The number of unbranched alkanes of at least 4 members (excludes halogenated alkanes) is 8. The smallest absolute Gasteiger partial charge is 0.305 e. The molecule has 47 heavy (non-hydrogen) atoms. The number of carbonyl (C=O) groups excluding carboxylic acids is 1. The first-order valence-corrected chi connectivity index (χ1v) is 19.0. The lowest BCUT2D eigenvalue weighted by Gasteiger charge is -2.17. The highest BCUT2D eigenvalue weighted by atomic mass is 32.2. The maximum Gasteiger partial charge on any atom is 0.305 e. The van der Waals surface area contributed by atoms with Crippen LogP contribution in [0.4, 0.5) is 0 Å². The van der Waals surface area contributed by atoms with Crippen LogP contribution < -0.4 is 0 Å². The van der Waals surface area contributed by atoms with Crippen molar-refractivity contribution >= 4 is 32.0 Å². The van der Waals surface area contributed by atoms with Crippen molar-refractivity contribution in [1.82, 2.24) is 8.61 Å². The molecule has 2 rings (SSSR count). The van der Waals surface area contributed by atoms with E-state index < -0.39 is 26.0 Å². The number of carboxylic acid groups (broad SMARTS) is 1. The average molecular weight is 699 g/mol. The summed E-state index contributed by atoms with van der Waals surface area (Å²) in [5.41, 5.74) is 2.07. The fourth-order valence-electron chi connectivity index (χ4n) is 4.53. The molecule has 0 amide bonds. The first-order valence-electron chi connectivity index (χ1n) is 16.1. The van der Waals surface area contributed by atoms with Crippen molar-refractivity contribution in [3.05, 3.63) is 59.7 Å². The molecule has 268 valence electrons. The quantitative estimate of drug-likeness (QED) is 0.107. The summed E-state index contributed by atoms with van der Waals surface area (Å²) in [4.78, 5) is 22.2. The minimum Gasteiger partial charge on any atom is -0.481 e. The number of carboxylic acids is 1. The third kappa shape index (κ3) is 17.8. The molecule has 1 N–H and O–H groups in total. The minimum absolute atomic E-state index is 0. The molecule has 0 aromatic heterocycles. The van der Waals surface area contributed by atoms with E-state index in [9.17, 15) is 26.4 Å². The van der Waals surface area contributed by atoms with Gasteiger partial charge in [-0.15, -0.1) is 0 Å². The molecule has 12 heteroatoms. The molecule has 0 atom stereocenters. The van der Waals surface area contributed by atoms with Crippen molar-refractivity contribution in [2.45, 2.75) is 115 Å². The monoisotopic (exact) mass is 698 g/mol. The molecule has 2 aromatic rings. The molecule has 0 heterocycles. The second-order valence-corrected chi connectivity index (χ2v) is 15.6. The Morgan fingerprint density at radius 3 is 1.32 bits per heavy atom. The SMILES string of the molecule is C.CCOC(=O)CCCCCCCN(C)S(=O)(=O)c1ccc(C)cc1.Cc1ccc(S(=O)(=O)N(C)CCCCCCCC(=O)O)cc1. The van der Waals surface area contributed by atoms with Crippen LogP contribution in [0.1, 0.15) is 103 Å². The molecule has 0 aliphatic rings. The van der Waals surface area contributed by atoms with Crippen LogP contribution in [0, 0.1) is 13.8 Å². The van der Waals surface area contributed by atoms with Crippen LogP contribution in [0.3, 0.4) is 0 Å². The number of nitrogens with zero attached hydrogens (tertiary/aromatic N) is 2. The minimum atomic E-state index is -3.41. The molecule has 0 radical (unpaired) electrons. The van der Waals surface area contributed by atoms with Gasteiger partial charge in [-0.1, -0.05) is 81.3 Å². The van der Waals surface area contributed by atoms with E-state index in [4.69, 9.17) is 9.84 Å². The van der Waals surface area contributed by atoms with Gasteiger partial charge in [0.25, 0.3) is 0 Å². The van der Waals surface area contributed by atoms with E-state index in [0.29, 0.717) is 42.3 Å². The average Bonchev–Trinajstić information content (AvgIpc) is 3.00. The molecular weight excluding hydrogens is 641 g/mol. The normalized spacial score (nSPS) is 11.5. The number of rotatable bonds is 21. The number of sulfonamides is 2. The van der Waals surface area contributed by atoms with Crippen molar-refractivity contribution in [2.24, 2.45) is 0 Å². The van der Waals surface area contributed by atoms with Gasteiger partial charge in [-0.3, -0.25) is 9.59 Å². The van der Waals surface area contributed by atoms with E-state index in [1.54, 1.807) is 57.4 Å². The Balaban J connectivity index is 0.000000885. The Morgan fingerprint density at radius 2 is 0.957 bits per heavy atom. The number of carbonyl (C=O) groups is 2. The number of esters is 1. The number of ether oxygens (including phenoxy) is 1. The molecule has 0 fully saturated rings. The van der Waals surface area contributed by atoms with Gasteiger partial charge in [0.1, 0.15) is 0 Å². The summed E-state index contributed by atoms with van der Waals surface area (Å²) in [7, 11) is -3.59. The summed E-state index contributed by atoms with van der Waals surface area (Å²) in [5, 5.41) is 8.53. The third-order valence-electron chi connectivity index (χ3n) is 7.48. The predicted molar refractivity (Wildman–Crippen MR) is 188 cm³/mol. The van der Waals surface area contributed by atoms with Gasteiger partial charge in [0, 0.05) is 40.0 Å². The van der Waals surface area contributed by atoms with Gasteiger partial charge in [-0.25, -0.2) is 25.4 Å². The van der Waals surface area contributed by atoms with Crippen LogP contribution in [0.15, 0.2) is 58.3 Å². The molecule has 0 aliphatic heterocycles. The summed E-state index contributed by atoms with van der Waals surface area (Å²) in [5.74, 6) is -0.898. The molecule has 0 aliphatic carbocycles. The highest BCUT2D eigenvalue weighted by Crippen LogP contribution is 2.17. The molecule has 0 bridgehead atoms. The lowest BCUT2D eigenvalue weighted by molar-refractivity contribution is -0.143. The summed E-state index contributed by atoms with van der Waals surface area (Å²) < 4.78 is 57.2. The van der Waals surface area contributed by atoms with E-state index in [1.165, 1.54) is 8.61 Å². The second-order valence-electron chi connectivity index (χ2n) is 11.5. The fourth-order valence-corrected chi connectivity index (χ4v) is 6.95. The number of hydrogen-bond donors (Lipinski definition) is 1. The predicted octanol–water partition coefficient (Wildman–Crippen LogP) is 7.20. The van der Waals surface area contributed by atoms with Gasteiger partial charge >= 0.3 is 11.9 Å². The van der Waals surface area contributed by atoms with Crippen LogP contribution in [0.25, 0.3) is 0 Å². The van der Waals surface area contributed by atoms with E-state index >= 15 is 0 Å². The zero-order chi connectivity index (χ0) is 34.6. The zero-order valence-corrected chi connectivity index (χ0v) is 29.9. The van der Waals surface area contributed by atoms with Crippen molar-refractivity contribution in [1.29, 1.82) is 0 Å². The molecule has 0 unspecified atom stereocenters. The van der Waals surface area contributed by atoms with Crippen LogP contribution >= 0.6 is 0 Å². The summed E-state index contributed by atoms with van der Waals surface area (Å²) in [6.45, 7) is 7.08. The lowest BCUT2D eigenvalue weighted by atomic mass is 10.1. The third-order valence-corrected chi connectivity index (χ3v) is 11.2. The Bertz CT molecular complexity index is 1380. The van der Waals surface area contributed by atoms with Gasteiger partial charge in [-0.05, 0) is 70.7 Å². The highest BCUT2D eigenvalue weighted by molar-refractivity contribution is 7.89. The van der Waals surface area contributed by atoms with E-state index in [1.807, 2.05) is 26.0 Å². The Kier molecular flexibility index (Phi) is 22.1. The zero-order valence-electron chi connectivity index (χ0n) is 28.2. The Hall–Kier alpha value is -2.80. The van der Waals surface area contributed by atoms with Crippen LogP contribution in [-0.2, 0) is 34.4 Å². The summed E-state index contributed by atoms with van der Waals surface area (Å²) in [6, 6.07) is 13.8. The van der Waals surface area contributed by atoms with Crippen molar-refractivity contribution in [3.8, 4) is 0 Å². The molecule has 0 saturated heterocycles. The molecule has 0 spiro atoms. The van der Waals surface area contributed by atoms with Crippen LogP contribution in [0.2, 0.25) is 0 Å². The second kappa shape index (κ2) is 23.5. The van der Waals surface area contributed by atoms with Gasteiger partial charge in [0.05, 0.1) is 16.4 Å². The maximum absolute atomic E-state index is 12.4. The highest BCUT2D eigenvalue weighted by Gasteiger charge is 2.20. The number of aryl methyl sites for hydroxylation is 2. The van der Waals surface area contributed by atoms with Gasteiger partial charge in [-0.2, -0.15) is 0 Å².